The molecule has 1 aromatic carbocycles. The van der Waals surface area contributed by atoms with Crippen LogP contribution in [0.4, 0.5) is 5.69 Å². The first-order chi connectivity index (χ1) is 6.84. The number of fused-ring (bicyclic) bond motifs is 2. The van der Waals surface area contributed by atoms with Crippen molar-refractivity contribution in [1.82, 2.24) is 4.98 Å². The molecule has 0 atom stereocenters. The molecule has 2 nitrogen and oxygen atoms in total. The average Bonchev–Trinajstić information content (AvgIpc) is 2.62. The molecule has 0 bridgehead atoms. The number of benzene rings is 1. The quantitative estimate of drug-likeness (QED) is 0.605. The number of nitrogens with zero attached hydrogens (tertiary/aromatic N) is 1. The summed E-state index contributed by atoms with van der Waals surface area (Å²) in [5, 5.41) is 4.36. The summed E-state index contributed by atoms with van der Waals surface area (Å²) in [4.78, 5) is 4.30. The van der Waals surface area contributed by atoms with E-state index in [0.717, 1.165) is 16.6 Å². The van der Waals surface area contributed by atoms with Gasteiger partial charge in [0.05, 0.1) is 5.52 Å². The lowest BCUT2D eigenvalue weighted by atomic mass is 10.1. The smallest absolute Gasteiger partial charge is 0.0729 e. The second kappa shape index (κ2) is 2.69. The number of nitrogens with two attached hydrogens (primary N) is 1. The summed E-state index contributed by atoms with van der Waals surface area (Å²) in [6, 6.07) is 8.13. The second-order valence-corrected chi connectivity index (χ2v) is 4.18. The highest BCUT2D eigenvalue weighted by molar-refractivity contribution is 7.17. The van der Waals surface area contributed by atoms with Crippen molar-refractivity contribution in [2.45, 2.75) is 0 Å². The van der Waals surface area contributed by atoms with Gasteiger partial charge in [-0.05, 0) is 35.0 Å². The Hall–Kier alpha value is -1.61. The number of hydrogen-bond donors (Lipinski definition) is 1. The van der Waals surface area contributed by atoms with Crippen LogP contribution >= 0.6 is 11.3 Å². The van der Waals surface area contributed by atoms with Crippen molar-refractivity contribution < 1.29 is 0 Å². The fourth-order valence-electron chi connectivity index (χ4n) is 1.62. The van der Waals surface area contributed by atoms with Gasteiger partial charge in [-0.2, -0.15) is 0 Å². The molecule has 0 aliphatic rings. The SMILES string of the molecule is Nc1ccnc2cc3ccsc3cc12. The fourth-order valence-corrected chi connectivity index (χ4v) is 2.43. The zero-order valence-electron chi connectivity index (χ0n) is 7.40. The van der Waals surface area contributed by atoms with Crippen molar-refractivity contribution in [2.24, 2.45) is 0 Å². The van der Waals surface area contributed by atoms with Crippen LogP contribution in [0.5, 0.6) is 0 Å². The molecule has 0 aliphatic heterocycles. The Morgan fingerprint density at radius 1 is 1.21 bits per heavy atom. The molecule has 2 N–H and O–H groups in total. The Bertz CT molecular complexity index is 613. The van der Waals surface area contributed by atoms with E-state index in [0.29, 0.717) is 0 Å². The van der Waals surface area contributed by atoms with Crippen molar-refractivity contribution in [3.05, 3.63) is 35.8 Å². The molecule has 68 valence electrons. The highest BCUT2D eigenvalue weighted by Gasteiger charge is 2.01. The zero-order chi connectivity index (χ0) is 9.54. The molecule has 3 rings (SSSR count). The Kier molecular flexibility index (Phi) is 1.49. The molecule has 0 fully saturated rings. The number of nitrogen functional groups attached to an aromatic ring is 1. The van der Waals surface area contributed by atoms with Gasteiger partial charge in [0.15, 0.2) is 0 Å². The van der Waals surface area contributed by atoms with Crippen molar-refractivity contribution >= 4 is 38.0 Å². The summed E-state index contributed by atoms with van der Waals surface area (Å²) >= 11 is 1.73. The zero-order valence-corrected chi connectivity index (χ0v) is 8.21. The highest BCUT2D eigenvalue weighted by Crippen LogP contribution is 2.28. The van der Waals surface area contributed by atoms with Gasteiger partial charge in [-0.3, -0.25) is 4.98 Å². The summed E-state index contributed by atoms with van der Waals surface area (Å²) < 4.78 is 1.26. The molecule has 3 heteroatoms. The van der Waals surface area contributed by atoms with Crippen LogP contribution in [0.3, 0.4) is 0 Å². The molecule has 3 aromatic rings. The standard InChI is InChI=1S/C11H8N2S/c12-9-1-3-13-10-5-7-2-4-14-11(7)6-8(9)10/h1-6H,(H2,12,13). The normalized spacial score (nSPS) is 11.1. The maximum absolute atomic E-state index is 5.88. The van der Waals surface area contributed by atoms with Gasteiger partial charge in [-0.15, -0.1) is 11.3 Å². The lowest BCUT2D eigenvalue weighted by Gasteiger charge is -2.00. The summed E-state index contributed by atoms with van der Waals surface area (Å²) in [5.74, 6) is 0. The van der Waals surface area contributed by atoms with Crippen LogP contribution in [0, 0.1) is 0 Å². The van der Waals surface area contributed by atoms with Crippen LogP contribution in [0.15, 0.2) is 35.8 Å². The number of aromatic nitrogens is 1. The minimum Gasteiger partial charge on any atom is -0.398 e. The van der Waals surface area contributed by atoms with Crippen LogP contribution in [0.2, 0.25) is 0 Å². The number of rotatable bonds is 0. The van der Waals surface area contributed by atoms with E-state index < -0.39 is 0 Å². The van der Waals surface area contributed by atoms with Gasteiger partial charge in [0.2, 0.25) is 0 Å². The Labute approximate surface area is 85.0 Å². The largest absolute Gasteiger partial charge is 0.398 e. The van der Waals surface area contributed by atoms with E-state index in [1.807, 2.05) is 6.07 Å². The monoisotopic (exact) mass is 200 g/mol. The van der Waals surface area contributed by atoms with Gasteiger partial charge in [-0.25, -0.2) is 0 Å². The predicted molar refractivity (Wildman–Crippen MR) is 61.5 cm³/mol. The van der Waals surface area contributed by atoms with Crippen LogP contribution in [0.1, 0.15) is 0 Å². The van der Waals surface area contributed by atoms with Crippen molar-refractivity contribution in [2.75, 3.05) is 5.73 Å². The Balaban J connectivity index is 2.57. The molecular formula is C11H8N2S. The van der Waals surface area contributed by atoms with Crippen LogP contribution in [0.25, 0.3) is 21.0 Å². The number of hydrogen-bond acceptors (Lipinski definition) is 3. The third-order valence-corrected chi connectivity index (χ3v) is 3.23. The average molecular weight is 200 g/mol. The van der Waals surface area contributed by atoms with Crippen molar-refractivity contribution in [3.63, 3.8) is 0 Å². The molecule has 2 heterocycles. The first-order valence-corrected chi connectivity index (χ1v) is 5.24. The van der Waals surface area contributed by atoms with E-state index in [2.05, 4.69) is 28.6 Å². The molecule has 14 heavy (non-hydrogen) atoms. The minimum absolute atomic E-state index is 0.797. The van der Waals surface area contributed by atoms with Crippen LogP contribution in [-0.2, 0) is 0 Å². The van der Waals surface area contributed by atoms with Gasteiger partial charge in [0.1, 0.15) is 0 Å². The van der Waals surface area contributed by atoms with E-state index in [-0.39, 0.29) is 0 Å². The third kappa shape index (κ3) is 0.992. The maximum Gasteiger partial charge on any atom is 0.0729 e. The molecule has 0 radical (unpaired) electrons. The van der Waals surface area contributed by atoms with Gasteiger partial charge in [0, 0.05) is 22.0 Å². The number of anilines is 1. The third-order valence-electron chi connectivity index (χ3n) is 2.35. The van der Waals surface area contributed by atoms with Gasteiger partial charge < -0.3 is 5.73 Å². The van der Waals surface area contributed by atoms with E-state index in [4.69, 9.17) is 5.73 Å². The molecule has 2 aromatic heterocycles. The first-order valence-electron chi connectivity index (χ1n) is 4.36. The van der Waals surface area contributed by atoms with E-state index in [1.54, 1.807) is 17.5 Å². The highest BCUT2D eigenvalue weighted by atomic mass is 32.1. The summed E-state index contributed by atoms with van der Waals surface area (Å²) in [6.07, 6.45) is 1.75. The minimum atomic E-state index is 0.797. The lowest BCUT2D eigenvalue weighted by Crippen LogP contribution is -1.87. The lowest BCUT2D eigenvalue weighted by molar-refractivity contribution is 1.42. The molecule has 0 saturated heterocycles. The van der Waals surface area contributed by atoms with E-state index >= 15 is 0 Å². The fraction of sp³-hybridized carbons (Fsp3) is 0. The predicted octanol–water partition coefficient (Wildman–Crippen LogP) is 3.03. The van der Waals surface area contributed by atoms with E-state index in [1.165, 1.54) is 10.1 Å². The molecule has 0 saturated carbocycles. The number of thiophene rings is 1. The maximum atomic E-state index is 5.88. The number of pyridine rings is 1. The molecule has 0 aliphatic carbocycles. The summed E-state index contributed by atoms with van der Waals surface area (Å²) in [7, 11) is 0. The molecule has 0 spiro atoms. The first kappa shape index (κ1) is 7.76. The van der Waals surface area contributed by atoms with Gasteiger partial charge in [-0.1, -0.05) is 0 Å². The summed E-state index contributed by atoms with van der Waals surface area (Å²) in [5.41, 5.74) is 7.65. The second-order valence-electron chi connectivity index (χ2n) is 3.23. The van der Waals surface area contributed by atoms with Crippen molar-refractivity contribution in [3.8, 4) is 0 Å². The molecule has 0 unspecified atom stereocenters. The van der Waals surface area contributed by atoms with Crippen molar-refractivity contribution in [1.29, 1.82) is 0 Å². The Morgan fingerprint density at radius 2 is 2.14 bits per heavy atom. The van der Waals surface area contributed by atoms with E-state index in [9.17, 15) is 0 Å². The Morgan fingerprint density at radius 3 is 3.07 bits per heavy atom. The van der Waals surface area contributed by atoms with Gasteiger partial charge >= 0.3 is 0 Å². The van der Waals surface area contributed by atoms with Gasteiger partial charge in [0.25, 0.3) is 0 Å². The molecule has 0 amide bonds. The summed E-state index contributed by atoms with van der Waals surface area (Å²) in [6.45, 7) is 0. The molecular weight excluding hydrogens is 192 g/mol. The van der Waals surface area contributed by atoms with Crippen LogP contribution in [-0.4, -0.2) is 4.98 Å². The topological polar surface area (TPSA) is 38.9 Å². The van der Waals surface area contributed by atoms with Crippen LogP contribution < -0.4 is 5.73 Å².